The lowest BCUT2D eigenvalue weighted by molar-refractivity contribution is 0.0933. The van der Waals surface area contributed by atoms with Gasteiger partial charge in [-0.05, 0) is 12.8 Å². The summed E-state index contributed by atoms with van der Waals surface area (Å²) in [5.74, 6) is -1.04. The van der Waals surface area contributed by atoms with E-state index in [2.05, 4.69) is 47.6 Å². The average molecular weight is 798 g/mol. The van der Waals surface area contributed by atoms with E-state index in [0.717, 1.165) is 0 Å². The van der Waals surface area contributed by atoms with Crippen LogP contribution in [0.25, 0.3) is 22.3 Å². The number of alkyl halides is 2. The average Bonchev–Trinajstić information content (AvgIpc) is 3.84. The molecule has 0 amide bonds. The Hall–Kier alpha value is -3.36. The Morgan fingerprint density at radius 1 is 0.686 bits per heavy atom. The van der Waals surface area contributed by atoms with Crippen molar-refractivity contribution in [2.45, 2.75) is 30.3 Å². The second-order valence-electron chi connectivity index (χ2n) is 11.3. The van der Waals surface area contributed by atoms with Crippen LogP contribution in [-0.2, 0) is 35.9 Å². The maximum absolute atomic E-state index is 14.9. The molecule has 0 aromatic carbocycles. The van der Waals surface area contributed by atoms with Crippen LogP contribution in [0.1, 0.15) is 24.9 Å². The van der Waals surface area contributed by atoms with Crippen molar-refractivity contribution in [2.24, 2.45) is 11.8 Å². The minimum absolute atomic E-state index is 0.135. The Kier molecular flexibility index (Phi) is 9.94. The molecule has 0 radical (unpaired) electrons. The first kappa shape index (κ1) is 37.4. The molecule has 276 valence electrons. The predicted octanol–water partition coefficient (Wildman–Crippen LogP) is 3.25. The molecule has 8 atom stereocenters. The predicted molar refractivity (Wildman–Crippen MR) is 170 cm³/mol. The third-order valence-corrected chi connectivity index (χ3v) is 15.0. The van der Waals surface area contributed by atoms with Gasteiger partial charge in [0.25, 0.3) is 0 Å². The summed E-state index contributed by atoms with van der Waals surface area (Å²) < 4.78 is 99.6. The van der Waals surface area contributed by atoms with Crippen LogP contribution in [0.2, 0.25) is 0 Å². The van der Waals surface area contributed by atoms with Gasteiger partial charge >= 0.3 is 36.2 Å². The van der Waals surface area contributed by atoms with Crippen LogP contribution < -0.4 is 11.5 Å². The van der Waals surface area contributed by atoms with E-state index in [4.69, 9.17) is 11.5 Å². The highest BCUT2D eigenvalue weighted by Gasteiger charge is 2.70. The summed E-state index contributed by atoms with van der Waals surface area (Å²) in [6.07, 6.45) is 12.1. The first-order valence-electron chi connectivity index (χ1n) is 14.4. The highest BCUT2D eigenvalue weighted by Crippen LogP contribution is 2.81. The minimum Gasteiger partial charge on any atom is -0.382 e. The van der Waals surface area contributed by atoms with Gasteiger partial charge in [-0.1, -0.05) is 24.3 Å². The van der Waals surface area contributed by atoms with Crippen molar-refractivity contribution in [3.8, 4) is 0 Å². The molecule has 0 saturated heterocycles. The zero-order valence-corrected chi connectivity index (χ0v) is 29.2. The largest absolute Gasteiger partial charge is 0.479 e. The Morgan fingerprint density at radius 3 is 1.47 bits per heavy atom. The standard InChI is InChI=1S/C23H28F2N10O12P4/c24-23(25,48(36,37)46-50(40,41)44-7-13-1-3-15(5-13)34-11-32-17-19(26)28-9-30-21(17)34)49(38,39)47-51(42,43)45-8-14-2-4-16(6-14)35-12-33-18-20(27)29-10-31-22(18)35/h1-4,9-16H,5-8H2,(H,36,37)(H,38,39)(H,40,41)(H,42,43)(H2,26,28,30)(H2,27,29,31)/t13-,14-,15+,16+/m1/s1. The molecule has 28 heteroatoms. The fraction of sp³-hybridized carbons (Fsp3) is 0.391. The third kappa shape index (κ3) is 7.59. The lowest BCUT2D eigenvalue weighted by Gasteiger charge is -2.27. The van der Waals surface area contributed by atoms with Crippen LogP contribution in [0, 0.1) is 11.8 Å². The van der Waals surface area contributed by atoms with Crippen molar-refractivity contribution in [1.29, 1.82) is 0 Å². The quantitative estimate of drug-likeness (QED) is 0.0787. The van der Waals surface area contributed by atoms with Crippen molar-refractivity contribution in [3.05, 3.63) is 49.6 Å². The Balaban J connectivity index is 1.02. The number of hydrogen-bond donors (Lipinski definition) is 6. The summed E-state index contributed by atoms with van der Waals surface area (Å²) in [5.41, 5.74) is 13.0. The summed E-state index contributed by atoms with van der Waals surface area (Å²) in [6, 6.07) is -0.811. The fourth-order valence-corrected chi connectivity index (χ4v) is 11.5. The van der Waals surface area contributed by atoms with Crippen molar-refractivity contribution in [1.82, 2.24) is 39.0 Å². The number of allylic oxidation sites excluding steroid dienone is 2. The Labute approximate surface area is 284 Å². The molecule has 6 rings (SSSR count). The van der Waals surface area contributed by atoms with E-state index < -0.39 is 73.4 Å². The number of halogens is 2. The molecule has 0 fully saturated rings. The molecule has 2 aliphatic carbocycles. The van der Waals surface area contributed by atoms with Gasteiger partial charge in [0.1, 0.15) is 23.7 Å². The minimum atomic E-state index is -6.96. The SMILES string of the molecule is Nc1ncnc2c1ncn2[C@H]1C=C[C@@H](COP(=O)(O)OP(=O)(O)C(F)(F)P(=O)(O)OP(=O)(O)OC[C@@H]2C=C[C@H](n3cnc4c(N)ncnc43)C2)C1. The van der Waals surface area contributed by atoms with Crippen LogP contribution >= 0.6 is 30.8 Å². The van der Waals surface area contributed by atoms with Crippen LogP contribution in [-0.4, -0.2) is 77.2 Å². The van der Waals surface area contributed by atoms with Gasteiger partial charge in [0.2, 0.25) is 0 Å². The summed E-state index contributed by atoms with van der Waals surface area (Å²) in [7, 11) is -25.6. The van der Waals surface area contributed by atoms with E-state index >= 15 is 0 Å². The van der Waals surface area contributed by atoms with Gasteiger partial charge in [-0.2, -0.15) is 8.78 Å². The summed E-state index contributed by atoms with van der Waals surface area (Å²) in [5, 5.41) is -5.92. The van der Waals surface area contributed by atoms with Gasteiger partial charge in [-0.3, -0.25) is 18.2 Å². The van der Waals surface area contributed by atoms with E-state index in [1.165, 1.54) is 37.5 Å². The molecule has 0 bridgehead atoms. The normalized spacial score (nSPS) is 25.5. The van der Waals surface area contributed by atoms with Gasteiger partial charge in [0.15, 0.2) is 22.9 Å². The first-order chi connectivity index (χ1) is 23.8. The van der Waals surface area contributed by atoms with Crippen LogP contribution in [0.5, 0.6) is 0 Å². The fourth-order valence-electron chi connectivity index (χ4n) is 5.36. The molecule has 4 aromatic rings. The number of nitrogens with zero attached hydrogens (tertiary/aromatic N) is 8. The lowest BCUT2D eigenvalue weighted by atomic mass is 10.1. The van der Waals surface area contributed by atoms with Crippen LogP contribution in [0.4, 0.5) is 20.4 Å². The van der Waals surface area contributed by atoms with Crippen molar-refractivity contribution in [2.75, 3.05) is 24.7 Å². The molecule has 4 heterocycles. The van der Waals surface area contributed by atoms with Crippen LogP contribution in [0.15, 0.2) is 49.6 Å². The maximum Gasteiger partial charge on any atom is 0.479 e. The Bertz CT molecular complexity index is 2080. The molecule has 0 saturated carbocycles. The molecule has 2 aliphatic rings. The molecule has 51 heavy (non-hydrogen) atoms. The van der Waals surface area contributed by atoms with Gasteiger partial charge < -0.3 is 40.2 Å². The lowest BCUT2D eigenvalue weighted by Crippen LogP contribution is -2.20. The van der Waals surface area contributed by atoms with Gasteiger partial charge in [-0.25, -0.2) is 47.7 Å². The zero-order chi connectivity index (χ0) is 37.0. The molecular formula is C23H28F2N10O12P4. The molecule has 4 aromatic heterocycles. The number of aromatic nitrogens is 8. The van der Waals surface area contributed by atoms with Crippen LogP contribution in [0.3, 0.4) is 0 Å². The highest BCUT2D eigenvalue weighted by molar-refractivity contribution is 7.78. The van der Waals surface area contributed by atoms with E-state index in [-0.39, 0.29) is 24.5 Å². The molecule has 22 nitrogen and oxygen atoms in total. The summed E-state index contributed by atoms with van der Waals surface area (Å²) in [6.45, 7) is -1.39. The topological polar surface area (TPSA) is 325 Å². The zero-order valence-electron chi connectivity index (χ0n) is 25.6. The molecular weight excluding hydrogens is 770 g/mol. The van der Waals surface area contributed by atoms with Crippen molar-refractivity contribution < 1.29 is 64.3 Å². The number of phosphoric ester groups is 2. The monoisotopic (exact) mass is 798 g/mol. The number of imidazole rings is 2. The highest BCUT2D eigenvalue weighted by atomic mass is 31.3. The van der Waals surface area contributed by atoms with Gasteiger partial charge in [0, 0.05) is 11.8 Å². The smallest absolute Gasteiger partial charge is 0.382 e. The molecule has 0 aliphatic heterocycles. The number of nitrogens with two attached hydrogens (primary N) is 2. The molecule has 0 spiro atoms. The third-order valence-electron chi connectivity index (χ3n) is 7.80. The molecule has 8 N–H and O–H groups in total. The van der Waals surface area contributed by atoms with Crippen molar-refractivity contribution >= 4 is 64.8 Å². The van der Waals surface area contributed by atoms with E-state index in [9.17, 15) is 46.6 Å². The van der Waals surface area contributed by atoms with Gasteiger partial charge in [0.05, 0.1) is 38.0 Å². The van der Waals surface area contributed by atoms with Crippen molar-refractivity contribution in [3.63, 3.8) is 0 Å². The second-order valence-corrected chi connectivity index (χ2v) is 18.6. The van der Waals surface area contributed by atoms with Gasteiger partial charge in [-0.15, -0.1) is 0 Å². The number of hydrogen-bond acceptors (Lipinski definition) is 16. The number of fused-ring (bicyclic) bond motifs is 2. The maximum atomic E-state index is 14.9. The first-order valence-corrected chi connectivity index (χ1v) is 20.6. The number of nitrogen functional groups attached to an aromatic ring is 2. The second kappa shape index (κ2) is 13.6. The summed E-state index contributed by atoms with van der Waals surface area (Å²) in [4.78, 5) is 63.9. The number of phosphoric acid groups is 2. The Morgan fingerprint density at radius 2 is 1.08 bits per heavy atom. The summed E-state index contributed by atoms with van der Waals surface area (Å²) >= 11 is 0. The van der Waals surface area contributed by atoms with E-state index in [0.29, 0.717) is 22.3 Å². The number of rotatable bonds is 14. The molecule has 4 unspecified atom stereocenters. The number of anilines is 2. The van der Waals surface area contributed by atoms with E-state index in [1.54, 1.807) is 21.3 Å². The van der Waals surface area contributed by atoms with E-state index in [1.807, 2.05) is 0 Å².